The summed E-state index contributed by atoms with van der Waals surface area (Å²) in [6.45, 7) is 3.89. The van der Waals surface area contributed by atoms with E-state index in [0.29, 0.717) is 16.3 Å². The van der Waals surface area contributed by atoms with Crippen LogP contribution in [0, 0.1) is 13.8 Å². The summed E-state index contributed by atoms with van der Waals surface area (Å²) in [4.78, 5) is 33.1. The van der Waals surface area contributed by atoms with Crippen LogP contribution in [0.3, 0.4) is 0 Å². The van der Waals surface area contributed by atoms with E-state index in [4.69, 9.17) is 11.6 Å². The average molecular weight is 441 g/mol. The quantitative estimate of drug-likeness (QED) is 0.343. The maximum atomic E-state index is 12.2. The number of thioether (sulfide) groups is 1. The van der Waals surface area contributed by atoms with Crippen molar-refractivity contribution in [3.63, 3.8) is 0 Å². The number of carbonyl (C=O) groups is 2. The number of aryl methyl sites for hydroxylation is 2. The van der Waals surface area contributed by atoms with Crippen LogP contribution in [0.25, 0.3) is 0 Å². The third-order valence-electron chi connectivity index (χ3n) is 4.11. The van der Waals surface area contributed by atoms with Crippen LogP contribution in [0.5, 0.6) is 0 Å². The van der Waals surface area contributed by atoms with Crippen molar-refractivity contribution in [3.8, 4) is 0 Å². The molecule has 0 spiro atoms. The van der Waals surface area contributed by atoms with Gasteiger partial charge in [0, 0.05) is 27.7 Å². The maximum absolute atomic E-state index is 12.2. The number of amides is 2. The van der Waals surface area contributed by atoms with Crippen LogP contribution in [0.15, 0.2) is 59.8 Å². The van der Waals surface area contributed by atoms with Crippen molar-refractivity contribution >= 4 is 35.2 Å². The molecule has 0 saturated heterocycles. The molecule has 30 heavy (non-hydrogen) atoms. The van der Waals surface area contributed by atoms with E-state index >= 15 is 0 Å². The Morgan fingerprint density at radius 3 is 2.30 bits per heavy atom. The van der Waals surface area contributed by atoms with E-state index in [9.17, 15) is 9.59 Å². The Kier molecular flexibility index (Phi) is 7.43. The Balaban J connectivity index is 1.49. The van der Waals surface area contributed by atoms with Crippen LogP contribution < -0.4 is 10.9 Å². The lowest BCUT2D eigenvalue weighted by Gasteiger charge is -2.08. The number of hydrogen-bond donors (Lipinski definition) is 2. The normalized spacial score (nSPS) is 10.5. The first kappa shape index (κ1) is 21.8. The first-order chi connectivity index (χ1) is 14.4. The van der Waals surface area contributed by atoms with Gasteiger partial charge in [-0.15, -0.1) is 0 Å². The van der Waals surface area contributed by atoms with Gasteiger partial charge in [0.15, 0.2) is 5.16 Å². The standard InChI is InChI=1S/C22H21ClN4O2S/c1-14-10-15(2)25-22(24-14)30-13-16-6-8-18(9-7-16)21(29)27-26-20(28)12-17-4-3-5-19(23)11-17/h3-11H,12-13H2,1-2H3,(H,26,28)(H,27,29). The number of nitrogens with zero attached hydrogens (tertiary/aromatic N) is 2. The van der Waals surface area contributed by atoms with Crippen LogP contribution in [-0.2, 0) is 17.0 Å². The van der Waals surface area contributed by atoms with Gasteiger partial charge < -0.3 is 0 Å². The summed E-state index contributed by atoms with van der Waals surface area (Å²) in [5.74, 6) is -0.0142. The Morgan fingerprint density at radius 2 is 1.63 bits per heavy atom. The molecule has 0 aliphatic heterocycles. The van der Waals surface area contributed by atoms with Crippen molar-refractivity contribution in [3.05, 3.63) is 87.7 Å². The smallest absolute Gasteiger partial charge is 0.269 e. The molecule has 0 fully saturated rings. The molecule has 0 atom stereocenters. The molecular weight excluding hydrogens is 420 g/mol. The summed E-state index contributed by atoms with van der Waals surface area (Å²) in [7, 11) is 0. The van der Waals surface area contributed by atoms with E-state index in [1.165, 1.54) is 0 Å². The van der Waals surface area contributed by atoms with Crippen LogP contribution >= 0.6 is 23.4 Å². The van der Waals surface area contributed by atoms with Crippen molar-refractivity contribution in [2.75, 3.05) is 0 Å². The Bertz CT molecular complexity index is 1040. The van der Waals surface area contributed by atoms with Crippen molar-refractivity contribution in [1.29, 1.82) is 0 Å². The molecule has 0 aliphatic rings. The van der Waals surface area contributed by atoms with E-state index in [-0.39, 0.29) is 18.2 Å². The number of benzene rings is 2. The molecule has 1 heterocycles. The number of aromatic nitrogens is 2. The van der Waals surface area contributed by atoms with Gasteiger partial charge in [-0.3, -0.25) is 20.4 Å². The third-order valence-corrected chi connectivity index (χ3v) is 5.27. The third kappa shape index (κ3) is 6.57. The second kappa shape index (κ2) is 10.2. The molecule has 0 bridgehead atoms. The highest BCUT2D eigenvalue weighted by Crippen LogP contribution is 2.20. The number of carbonyl (C=O) groups excluding carboxylic acids is 2. The molecule has 3 aromatic rings. The summed E-state index contributed by atoms with van der Waals surface area (Å²) < 4.78 is 0. The van der Waals surface area contributed by atoms with Gasteiger partial charge in [-0.05, 0) is 55.3 Å². The van der Waals surface area contributed by atoms with Crippen LogP contribution in [0.1, 0.15) is 32.9 Å². The monoisotopic (exact) mass is 440 g/mol. The predicted molar refractivity (Wildman–Crippen MR) is 118 cm³/mol. The van der Waals surface area contributed by atoms with Crippen LogP contribution in [0.2, 0.25) is 5.02 Å². The van der Waals surface area contributed by atoms with Gasteiger partial charge in [0.2, 0.25) is 5.91 Å². The second-order valence-electron chi connectivity index (χ2n) is 6.73. The molecule has 0 unspecified atom stereocenters. The van der Waals surface area contributed by atoms with E-state index in [0.717, 1.165) is 27.7 Å². The Hall–Kier alpha value is -2.90. The molecule has 154 valence electrons. The van der Waals surface area contributed by atoms with E-state index in [1.807, 2.05) is 32.0 Å². The molecule has 0 radical (unpaired) electrons. The Morgan fingerprint density at radius 1 is 0.933 bits per heavy atom. The summed E-state index contributed by atoms with van der Waals surface area (Å²) in [5.41, 5.74) is 8.99. The molecule has 3 rings (SSSR count). The molecule has 2 amide bonds. The lowest BCUT2D eigenvalue weighted by atomic mass is 10.1. The topological polar surface area (TPSA) is 84.0 Å². The zero-order valence-electron chi connectivity index (χ0n) is 16.6. The highest BCUT2D eigenvalue weighted by atomic mass is 35.5. The zero-order valence-corrected chi connectivity index (χ0v) is 18.2. The lowest BCUT2D eigenvalue weighted by molar-refractivity contribution is -0.121. The molecule has 2 aromatic carbocycles. The molecular formula is C22H21ClN4O2S. The molecule has 8 heteroatoms. The fourth-order valence-electron chi connectivity index (χ4n) is 2.73. The summed E-state index contributed by atoms with van der Waals surface area (Å²) in [6, 6.07) is 16.1. The summed E-state index contributed by atoms with van der Waals surface area (Å²) in [5, 5.41) is 1.29. The second-order valence-corrected chi connectivity index (χ2v) is 8.11. The molecule has 0 aliphatic carbocycles. The van der Waals surface area contributed by atoms with E-state index in [2.05, 4.69) is 20.8 Å². The van der Waals surface area contributed by atoms with Gasteiger partial charge in [0.05, 0.1) is 6.42 Å². The first-order valence-corrected chi connectivity index (χ1v) is 10.6. The number of hydrogen-bond acceptors (Lipinski definition) is 5. The van der Waals surface area contributed by atoms with E-state index in [1.54, 1.807) is 48.2 Å². The van der Waals surface area contributed by atoms with E-state index < -0.39 is 0 Å². The lowest BCUT2D eigenvalue weighted by Crippen LogP contribution is -2.42. The van der Waals surface area contributed by atoms with Crippen molar-refractivity contribution in [2.45, 2.75) is 31.2 Å². The number of hydrazine groups is 1. The summed E-state index contributed by atoms with van der Waals surface area (Å²) in [6.07, 6.45) is 0.123. The minimum Gasteiger partial charge on any atom is -0.273 e. The minimum atomic E-state index is -0.383. The molecule has 1 aromatic heterocycles. The predicted octanol–water partition coefficient (Wildman–Crippen LogP) is 4.04. The van der Waals surface area contributed by atoms with Gasteiger partial charge in [-0.1, -0.05) is 47.6 Å². The van der Waals surface area contributed by atoms with Gasteiger partial charge in [0.1, 0.15) is 0 Å². The fraction of sp³-hybridized carbons (Fsp3) is 0.182. The number of rotatable bonds is 6. The highest BCUT2D eigenvalue weighted by Gasteiger charge is 2.09. The van der Waals surface area contributed by atoms with Crippen molar-refractivity contribution < 1.29 is 9.59 Å². The van der Waals surface area contributed by atoms with Crippen molar-refractivity contribution in [1.82, 2.24) is 20.8 Å². The molecule has 2 N–H and O–H groups in total. The average Bonchev–Trinajstić information content (AvgIpc) is 2.70. The molecule has 0 saturated carbocycles. The SMILES string of the molecule is Cc1cc(C)nc(SCc2ccc(C(=O)NNC(=O)Cc3cccc(Cl)c3)cc2)n1. The molecule has 6 nitrogen and oxygen atoms in total. The van der Waals surface area contributed by atoms with Gasteiger partial charge in [-0.25, -0.2) is 9.97 Å². The zero-order chi connectivity index (χ0) is 21.5. The highest BCUT2D eigenvalue weighted by molar-refractivity contribution is 7.98. The van der Waals surface area contributed by atoms with Crippen molar-refractivity contribution in [2.24, 2.45) is 0 Å². The number of nitrogens with one attached hydrogen (secondary N) is 2. The number of halogens is 1. The largest absolute Gasteiger partial charge is 0.273 e. The van der Waals surface area contributed by atoms with Crippen LogP contribution in [-0.4, -0.2) is 21.8 Å². The first-order valence-electron chi connectivity index (χ1n) is 9.27. The van der Waals surface area contributed by atoms with Gasteiger partial charge in [0.25, 0.3) is 5.91 Å². The summed E-state index contributed by atoms with van der Waals surface area (Å²) >= 11 is 7.45. The van der Waals surface area contributed by atoms with Crippen LogP contribution in [0.4, 0.5) is 0 Å². The van der Waals surface area contributed by atoms with Gasteiger partial charge >= 0.3 is 0 Å². The maximum Gasteiger partial charge on any atom is 0.269 e. The van der Waals surface area contributed by atoms with Gasteiger partial charge in [-0.2, -0.15) is 0 Å². The fourth-order valence-corrected chi connectivity index (χ4v) is 3.85. The minimum absolute atomic E-state index is 0.123. The Labute approximate surface area is 184 Å².